The summed E-state index contributed by atoms with van der Waals surface area (Å²) in [5.41, 5.74) is 0. The van der Waals surface area contributed by atoms with Gasteiger partial charge in [0.15, 0.2) is 0 Å². The van der Waals surface area contributed by atoms with E-state index in [0.29, 0.717) is 0 Å². The number of nitrogens with zero attached hydrogens (tertiary/aromatic N) is 4. The summed E-state index contributed by atoms with van der Waals surface area (Å²) in [6.45, 7) is 21.5. The van der Waals surface area contributed by atoms with Gasteiger partial charge in [-0.3, -0.25) is 14.4 Å². The van der Waals surface area contributed by atoms with Crippen molar-refractivity contribution in [2.75, 3.05) is 39.3 Å². The average Bonchev–Trinajstić information content (AvgIpc) is 2.89. The number of guanidine groups is 1. The fourth-order valence-corrected chi connectivity index (χ4v) is 4.85. The Morgan fingerprint density at radius 1 is 0.514 bits per heavy atom. The Morgan fingerprint density at radius 3 is 1.00 bits per heavy atom. The van der Waals surface area contributed by atoms with E-state index in [9.17, 15) is 0 Å². The molecule has 0 fully saturated rings. The van der Waals surface area contributed by atoms with E-state index in [1.807, 2.05) is 0 Å². The number of unbranched alkanes of at least 4 members (excludes halogenated alkanes) is 12. The third kappa shape index (κ3) is 22.4. The molecule has 0 aliphatic carbocycles. The maximum absolute atomic E-state index is 8.00. The molecule has 0 aliphatic rings. The average molecular weight is 527 g/mol. The molecule has 6 nitrogen and oxygen atoms in total. The minimum Gasteiger partial charge on any atom is -0.444 e. The lowest BCUT2D eigenvalue weighted by Crippen LogP contribution is -2.51. The highest BCUT2D eigenvalue weighted by Crippen LogP contribution is 2.13. The molecule has 0 amide bonds. The third-order valence-electron chi connectivity index (χ3n) is 7.04. The standard InChI is InChI=1S/C31H66N3.HNO2/c1-7-13-19-25-32(26-20-14-8-2)31(33(27-21-15-9-3)28-22-16-10-4)34(29-23-17-11-5)30-24-18-12-6;2-1-3/h7-30H2,1-6H3;(H,2,3)/q+1;/p-1. The normalized spacial score (nSPS) is 10.5. The monoisotopic (exact) mass is 527 g/mol. The van der Waals surface area contributed by atoms with Gasteiger partial charge in [0.2, 0.25) is 0 Å². The molecule has 0 rings (SSSR count). The molecule has 0 aliphatic heterocycles. The van der Waals surface area contributed by atoms with Gasteiger partial charge in [0, 0.05) is 0 Å². The highest BCUT2D eigenvalue weighted by atomic mass is 16.6. The zero-order valence-electron chi connectivity index (χ0n) is 26.1. The topological polar surface area (TPSA) is 62.0 Å². The van der Waals surface area contributed by atoms with Gasteiger partial charge in [-0.15, -0.1) is 5.34 Å². The lowest BCUT2D eigenvalue weighted by molar-refractivity contribution is -0.539. The maximum atomic E-state index is 8.00. The molecule has 0 N–H and O–H groups in total. The van der Waals surface area contributed by atoms with E-state index in [4.69, 9.17) is 10.1 Å². The van der Waals surface area contributed by atoms with Crippen molar-refractivity contribution in [3.63, 3.8) is 0 Å². The predicted molar refractivity (Wildman–Crippen MR) is 164 cm³/mol. The van der Waals surface area contributed by atoms with Crippen molar-refractivity contribution < 1.29 is 4.58 Å². The van der Waals surface area contributed by atoms with Crippen molar-refractivity contribution in [3.05, 3.63) is 10.1 Å². The molecule has 0 aromatic carbocycles. The molecule has 0 radical (unpaired) electrons. The minimum atomic E-state index is 1.00. The van der Waals surface area contributed by atoms with Crippen LogP contribution in [0.15, 0.2) is 5.34 Å². The van der Waals surface area contributed by atoms with Gasteiger partial charge in [0.1, 0.15) is 0 Å². The van der Waals surface area contributed by atoms with Gasteiger partial charge in [-0.2, -0.15) is 0 Å². The van der Waals surface area contributed by atoms with Crippen LogP contribution in [0.4, 0.5) is 0 Å². The van der Waals surface area contributed by atoms with E-state index in [2.05, 4.69) is 55.9 Å². The SMILES string of the molecule is CCCCCN(CCCCC)C(N(CCCCC)CCCCC)=[N+](CCCCC)CCCCC.O=N[O-]. The molecule has 0 saturated carbocycles. The molecule has 0 atom stereocenters. The Kier molecular flexibility index (Phi) is 31.6. The first-order chi connectivity index (χ1) is 18.1. The van der Waals surface area contributed by atoms with E-state index >= 15 is 0 Å². The van der Waals surface area contributed by atoms with Gasteiger partial charge in [-0.05, 0) is 38.5 Å². The second kappa shape index (κ2) is 30.9. The number of hydrogen-bond donors (Lipinski definition) is 0. The zero-order chi connectivity index (χ0) is 28.0. The highest BCUT2D eigenvalue weighted by molar-refractivity contribution is 5.75. The van der Waals surface area contributed by atoms with Gasteiger partial charge >= 0.3 is 5.96 Å². The molecule has 0 aromatic heterocycles. The van der Waals surface area contributed by atoms with Gasteiger partial charge in [0.05, 0.1) is 39.3 Å². The van der Waals surface area contributed by atoms with E-state index in [1.54, 1.807) is 5.96 Å². The summed E-state index contributed by atoms with van der Waals surface area (Å²) in [5, 5.41) is 9.00. The summed E-state index contributed by atoms with van der Waals surface area (Å²) < 4.78 is 2.85. The van der Waals surface area contributed by atoms with Crippen LogP contribution in [0.25, 0.3) is 0 Å². The number of hydrogen-bond acceptors (Lipinski definition) is 3. The Labute approximate surface area is 232 Å². The fraction of sp³-hybridized carbons (Fsp3) is 0.968. The molecule has 0 heterocycles. The summed E-state index contributed by atoms with van der Waals surface area (Å²) >= 11 is 0. The summed E-state index contributed by atoms with van der Waals surface area (Å²) in [6.07, 6.45) is 24.0. The van der Waals surface area contributed by atoms with Crippen LogP contribution in [0, 0.1) is 10.1 Å². The maximum Gasteiger partial charge on any atom is 0.350 e. The van der Waals surface area contributed by atoms with Crippen molar-refractivity contribution in [2.45, 2.75) is 157 Å². The molecular formula is C31H66N4O2. The summed E-state index contributed by atoms with van der Waals surface area (Å²) in [7, 11) is 0. The van der Waals surface area contributed by atoms with Gasteiger partial charge in [0.25, 0.3) is 0 Å². The first-order valence-corrected chi connectivity index (χ1v) is 16.2. The van der Waals surface area contributed by atoms with Crippen LogP contribution in [-0.4, -0.2) is 59.6 Å². The van der Waals surface area contributed by atoms with Crippen LogP contribution in [0.5, 0.6) is 0 Å². The van der Waals surface area contributed by atoms with Crippen LogP contribution < -0.4 is 0 Å². The van der Waals surface area contributed by atoms with Crippen molar-refractivity contribution in [1.29, 1.82) is 0 Å². The Morgan fingerprint density at radius 2 is 0.757 bits per heavy atom. The van der Waals surface area contributed by atoms with E-state index in [-0.39, 0.29) is 0 Å². The van der Waals surface area contributed by atoms with Crippen LogP contribution >= 0.6 is 0 Å². The van der Waals surface area contributed by atoms with E-state index < -0.39 is 0 Å². The quantitative estimate of drug-likeness (QED) is 0.0314. The zero-order valence-corrected chi connectivity index (χ0v) is 26.1. The Balaban J connectivity index is 0. The van der Waals surface area contributed by atoms with Gasteiger partial charge in [-0.25, -0.2) is 0 Å². The molecule has 0 bridgehead atoms. The molecule has 222 valence electrons. The van der Waals surface area contributed by atoms with Crippen molar-refractivity contribution in [3.8, 4) is 0 Å². The van der Waals surface area contributed by atoms with E-state index in [1.165, 1.54) is 155 Å². The lowest BCUT2D eigenvalue weighted by atomic mass is 10.2. The van der Waals surface area contributed by atoms with Gasteiger partial charge in [-0.1, -0.05) is 119 Å². The van der Waals surface area contributed by atoms with Crippen LogP contribution in [0.2, 0.25) is 0 Å². The van der Waals surface area contributed by atoms with Crippen LogP contribution in [0.1, 0.15) is 157 Å². The molecular weight excluding hydrogens is 460 g/mol. The highest BCUT2D eigenvalue weighted by Gasteiger charge is 2.28. The van der Waals surface area contributed by atoms with E-state index in [0.717, 1.165) is 5.34 Å². The van der Waals surface area contributed by atoms with Crippen LogP contribution in [0.3, 0.4) is 0 Å². The Bertz CT molecular complexity index is 442. The largest absolute Gasteiger partial charge is 0.444 e. The van der Waals surface area contributed by atoms with Crippen LogP contribution in [-0.2, 0) is 0 Å². The van der Waals surface area contributed by atoms with Crippen molar-refractivity contribution in [2.24, 2.45) is 5.34 Å². The first kappa shape index (κ1) is 37.8. The molecule has 0 unspecified atom stereocenters. The lowest BCUT2D eigenvalue weighted by Gasteiger charge is -2.31. The molecule has 0 spiro atoms. The second-order valence-electron chi connectivity index (χ2n) is 10.6. The fourth-order valence-electron chi connectivity index (χ4n) is 4.85. The summed E-state index contributed by atoms with van der Waals surface area (Å²) in [4.78, 5) is 13.7. The smallest absolute Gasteiger partial charge is 0.350 e. The number of rotatable bonds is 24. The molecule has 0 saturated heterocycles. The second-order valence-corrected chi connectivity index (χ2v) is 10.6. The summed E-state index contributed by atoms with van der Waals surface area (Å²) in [6, 6.07) is 0. The van der Waals surface area contributed by atoms with Crippen molar-refractivity contribution in [1.82, 2.24) is 9.80 Å². The summed E-state index contributed by atoms with van der Waals surface area (Å²) in [5.74, 6) is 1.62. The Hall–Kier alpha value is -1.33. The molecule has 6 heteroatoms. The molecule has 0 aromatic rings. The van der Waals surface area contributed by atoms with Gasteiger partial charge < -0.3 is 10.1 Å². The minimum absolute atomic E-state index is 1.00. The third-order valence-corrected chi connectivity index (χ3v) is 7.04. The first-order valence-electron chi connectivity index (χ1n) is 16.2. The van der Waals surface area contributed by atoms with Crippen molar-refractivity contribution >= 4 is 5.96 Å². The predicted octanol–water partition coefficient (Wildman–Crippen LogP) is 9.35. The molecule has 37 heavy (non-hydrogen) atoms.